The van der Waals surface area contributed by atoms with E-state index >= 15 is 0 Å². The molecule has 0 fully saturated rings. The van der Waals surface area contributed by atoms with Crippen LogP contribution >= 0.6 is 23.6 Å². The first-order chi connectivity index (χ1) is 13.9. The zero-order chi connectivity index (χ0) is 20.5. The van der Waals surface area contributed by atoms with Gasteiger partial charge in [0.2, 0.25) is 5.88 Å². The molecule has 144 valence electrons. The topological polar surface area (TPSA) is 110 Å². The van der Waals surface area contributed by atoms with Gasteiger partial charge in [-0.05, 0) is 30.4 Å². The molecule has 1 aliphatic heterocycles. The second-order valence-corrected chi connectivity index (χ2v) is 7.69. The molecule has 0 aliphatic carbocycles. The van der Waals surface area contributed by atoms with Crippen LogP contribution in [0.2, 0.25) is 0 Å². The van der Waals surface area contributed by atoms with Gasteiger partial charge in [-0.15, -0.1) is 0 Å². The van der Waals surface area contributed by atoms with Crippen molar-refractivity contribution in [1.82, 2.24) is 4.68 Å². The van der Waals surface area contributed by atoms with Crippen molar-refractivity contribution in [1.29, 1.82) is 0 Å². The Labute approximate surface area is 173 Å². The van der Waals surface area contributed by atoms with Crippen LogP contribution in [-0.4, -0.2) is 26.8 Å². The predicted octanol–water partition coefficient (Wildman–Crippen LogP) is 4.53. The SMILES string of the molecule is O=C(Nn1c(O)c(/C=C2\C=Nc3ccccc32)sc1=S)c1cccc([N+](=O)[O-])c1. The van der Waals surface area contributed by atoms with Gasteiger partial charge in [0.25, 0.3) is 11.6 Å². The third-order valence-corrected chi connectivity index (χ3v) is 5.50. The number of nitro benzene ring substituents is 1. The molecule has 8 nitrogen and oxygen atoms in total. The second-order valence-electron chi connectivity index (χ2n) is 6.01. The Kier molecular flexibility index (Phi) is 4.79. The van der Waals surface area contributed by atoms with Crippen LogP contribution in [0.1, 0.15) is 20.8 Å². The average Bonchev–Trinajstić information content (AvgIpc) is 3.24. The van der Waals surface area contributed by atoms with Gasteiger partial charge in [0.1, 0.15) is 0 Å². The van der Waals surface area contributed by atoms with Gasteiger partial charge in [0.05, 0.1) is 15.5 Å². The average molecular weight is 424 g/mol. The highest BCUT2D eigenvalue weighted by Crippen LogP contribution is 2.35. The molecule has 0 unspecified atom stereocenters. The number of benzene rings is 2. The molecule has 1 aliphatic rings. The van der Waals surface area contributed by atoms with Gasteiger partial charge in [0, 0.05) is 35.0 Å². The third-order valence-electron chi connectivity index (χ3n) is 4.19. The molecule has 4 rings (SSSR count). The van der Waals surface area contributed by atoms with Crippen LogP contribution in [0.4, 0.5) is 11.4 Å². The molecule has 2 aromatic carbocycles. The highest BCUT2D eigenvalue weighted by molar-refractivity contribution is 7.73. The van der Waals surface area contributed by atoms with Crippen molar-refractivity contribution in [2.75, 3.05) is 5.43 Å². The minimum absolute atomic E-state index is 0.0726. The fraction of sp³-hybridized carbons (Fsp3) is 0. The number of aromatic hydroxyl groups is 1. The number of carbonyl (C=O) groups is 1. The second kappa shape index (κ2) is 7.41. The van der Waals surface area contributed by atoms with Crippen molar-refractivity contribution in [2.45, 2.75) is 0 Å². The number of allylic oxidation sites excluding steroid dienone is 1. The van der Waals surface area contributed by atoms with Gasteiger partial charge < -0.3 is 5.11 Å². The number of aromatic nitrogens is 1. The Morgan fingerprint density at radius 2 is 2.07 bits per heavy atom. The molecule has 1 amide bonds. The molecular weight excluding hydrogens is 412 g/mol. The predicted molar refractivity (Wildman–Crippen MR) is 114 cm³/mol. The van der Waals surface area contributed by atoms with Crippen LogP contribution in [0.3, 0.4) is 0 Å². The van der Waals surface area contributed by atoms with Crippen LogP contribution in [0.25, 0.3) is 11.6 Å². The summed E-state index contributed by atoms with van der Waals surface area (Å²) in [5.74, 6) is -0.867. The van der Waals surface area contributed by atoms with Crippen molar-refractivity contribution in [2.24, 2.45) is 4.99 Å². The molecule has 0 saturated carbocycles. The first-order valence-electron chi connectivity index (χ1n) is 8.30. The molecule has 0 atom stereocenters. The van der Waals surface area contributed by atoms with Crippen molar-refractivity contribution in [3.05, 3.63) is 78.6 Å². The van der Waals surface area contributed by atoms with Gasteiger partial charge in [-0.1, -0.05) is 35.6 Å². The number of non-ortho nitro benzene ring substituents is 1. The van der Waals surface area contributed by atoms with Gasteiger partial charge in [-0.2, -0.15) is 4.68 Å². The lowest BCUT2D eigenvalue weighted by Gasteiger charge is -2.07. The number of fused-ring (bicyclic) bond motifs is 1. The normalized spacial score (nSPS) is 13.4. The number of aliphatic imine (C=N–C) groups is 1. The first kappa shape index (κ1) is 18.7. The molecule has 3 aromatic rings. The largest absolute Gasteiger partial charge is 0.492 e. The fourth-order valence-electron chi connectivity index (χ4n) is 2.80. The summed E-state index contributed by atoms with van der Waals surface area (Å²) in [6, 6.07) is 12.9. The Bertz CT molecular complexity index is 1270. The quantitative estimate of drug-likeness (QED) is 0.363. The summed E-state index contributed by atoms with van der Waals surface area (Å²) in [5, 5.41) is 21.4. The number of nitrogens with zero attached hydrogens (tertiary/aromatic N) is 3. The highest BCUT2D eigenvalue weighted by atomic mass is 32.1. The molecule has 0 radical (unpaired) electrons. The number of hydrogen-bond acceptors (Lipinski definition) is 7. The van der Waals surface area contributed by atoms with Crippen LogP contribution in [0.15, 0.2) is 53.5 Å². The molecule has 0 saturated heterocycles. The molecule has 0 bridgehead atoms. The Balaban J connectivity index is 1.64. The van der Waals surface area contributed by atoms with Crippen molar-refractivity contribution < 1.29 is 14.8 Å². The van der Waals surface area contributed by atoms with E-state index in [1.165, 1.54) is 18.2 Å². The van der Waals surface area contributed by atoms with E-state index in [9.17, 15) is 20.0 Å². The summed E-state index contributed by atoms with van der Waals surface area (Å²) in [5.41, 5.74) is 4.91. The van der Waals surface area contributed by atoms with E-state index in [-0.39, 0.29) is 21.1 Å². The molecule has 10 heteroatoms. The standard InChI is InChI=1S/C19H12N4O4S2/c24-17(11-4-3-5-13(8-11)23(26)27)21-22-18(25)16(29-19(22)28)9-12-10-20-15-7-2-1-6-14(12)15/h1-10,25H,(H,21,24)/b12-9+. The number of thiazole rings is 1. The number of rotatable bonds is 4. The zero-order valence-electron chi connectivity index (χ0n) is 14.6. The lowest BCUT2D eigenvalue weighted by Crippen LogP contribution is -2.22. The van der Waals surface area contributed by atoms with Crippen molar-refractivity contribution in [3.63, 3.8) is 0 Å². The Hall–Kier alpha value is -3.63. The van der Waals surface area contributed by atoms with Gasteiger partial charge in [-0.25, -0.2) is 0 Å². The minimum atomic E-state index is -0.634. The first-order valence-corrected chi connectivity index (χ1v) is 9.52. The third kappa shape index (κ3) is 3.58. The van der Waals surface area contributed by atoms with E-state index in [0.717, 1.165) is 38.9 Å². The van der Waals surface area contributed by atoms with Gasteiger partial charge in [0.15, 0.2) is 3.95 Å². The number of carbonyl (C=O) groups excluding carboxylic acids is 1. The maximum Gasteiger partial charge on any atom is 0.270 e. The molecule has 29 heavy (non-hydrogen) atoms. The Morgan fingerprint density at radius 3 is 2.86 bits per heavy atom. The summed E-state index contributed by atoms with van der Waals surface area (Å²) in [6.45, 7) is 0. The van der Waals surface area contributed by atoms with E-state index in [0.29, 0.717) is 4.88 Å². The van der Waals surface area contributed by atoms with E-state index in [2.05, 4.69) is 10.4 Å². The van der Waals surface area contributed by atoms with Crippen molar-refractivity contribution in [3.8, 4) is 5.88 Å². The van der Waals surface area contributed by atoms with Gasteiger partial charge >= 0.3 is 0 Å². The molecule has 2 N–H and O–H groups in total. The summed E-state index contributed by atoms with van der Waals surface area (Å²) < 4.78 is 1.29. The summed E-state index contributed by atoms with van der Waals surface area (Å²) >= 11 is 6.36. The fourth-order valence-corrected chi connectivity index (χ4v) is 3.98. The van der Waals surface area contributed by atoms with Gasteiger partial charge in [-0.3, -0.25) is 25.3 Å². The van der Waals surface area contributed by atoms with Crippen LogP contribution in [0.5, 0.6) is 5.88 Å². The van der Waals surface area contributed by atoms with E-state index in [4.69, 9.17) is 12.2 Å². The van der Waals surface area contributed by atoms with Crippen LogP contribution in [-0.2, 0) is 0 Å². The highest BCUT2D eigenvalue weighted by Gasteiger charge is 2.18. The summed E-state index contributed by atoms with van der Waals surface area (Å²) in [4.78, 5) is 27.5. The number of nitro groups is 1. The monoisotopic (exact) mass is 424 g/mol. The lowest BCUT2D eigenvalue weighted by molar-refractivity contribution is -0.384. The number of hydrogen-bond donors (Lipinski definition) is 2. The summed E-state index contributed by atoms with van der Waals surface area (Å²) in [6.07, 6.45) is 3.43. The number of nitrogens with one attached hydrogen (secondary N) is 1. The van der Waals surface area contributed by atoms with E-state index < -0.39 is 10.8 Å². The van der Waals surface area contributed by atoms with Crippen LogP contribution in [0, 0.1) is 14.1 Å². The minimum Gasteiger partial charge on any atom is -0.492 e. The van der Waals surface area contributed by atoms with Crippen LogP contribution < -0.4 is 5.43 Å². The van der Waals surface area contributed by atoms with E-state index in [1.807, 2.05) is 24.3 Å². The molecule has 0 spiro atoms. The molecular formula is C19H12N4O4S2. The maximum absolute atomic E-state index is 12.5. The number of para-hydroxylation sites is 1. The Morgan fingerprint density at radius 1 is 1.28 bits per heavy atom. The summed E-state index contributed by atoms with van der Waals surface area (Å²) in [7, 11) is 0. The maximum atomic E-state index is 12.5. The molecule has 2 heterocycles. The number of amides is 1. The molecule has 1 aromatic heterocycles. The van der Waals surface area contributed by atoms with E-state index in [1.54, 1.807) is 12.3 Å². The zero-order valence-corrected chi connectivity index (χ0v) is 16.2. The van der Waals surface area contributed by atoms with Crippen molar-refractivity contribution >= 4 is 58.7 Å². The lowest BCUT2D eigenvalue weighted by atomic mass is 10.1. The smallest absolute Gasteiger partial charge is 0.270 e.